The van der Waals surface area contributed by atoms with Gasteiger partial charge in [-0.3, -0.25) is 14.8 Å². The number of thioether (sulfide) groups is 1. The van der Waals surface area contributed by atoms with Crippen LogP contribution >= 0.6 is 23.4 Å². The molecular weight excluding hydrogens is 530 g/mol. The number of ether oxygens (including phenoxy) is 1. The fraction of sp³-hybridized carbons (Fsp3) is 0.267. The van der Waals surface area contributed by atoms with Crippen LogP contribution in [0.2, 0.25) is 5.02 Å². The van der Waals surface area contributed by atoms with Crippen molar-refractivity contribution in [3.63, 3.8) is 0 Å². The van der Waals surface area contributed by atoms with Gasteiger partial charge in [0.1, 0.15) is 12.4 Å². The predicted octanol–water partition coefficient (Wildman–Crippen LogP) is 7.65. The largest absolute Gasteiger partial charge is 0.486 e. The molecule has 5 rings (SSSR count). The molecule has 0 aliphatic heterocycles. The third-order valence-corrected chi connectivity index (χ3v) is 8.03. The third kappa shape index (κ3) is 6.88. The average Bonchev–Trinajstić information content (AvgIpc) is 3.38. The molecule has 4 aromatic rings. The van der Waals surface area contributed by atoms with E-state index < -0.39 is 0 Å². The van der Waals surface area contributed by atoms with E-state index in [0.717, 1.165) is 23.2 Å². The van der Waals surface area contributed by atoms with E-state index in [1.54, 1.807) is 12.1 Å². The van der Waals surface area contributed by atoms with Crippen LogP contribution in [0.1, 0.15) is 56.3 Å². The molecule has 1 fully saturated rings. The maximum absolute atomic E-state index is 12.5. The van der Waals surface area contributed by atoms with Crippen molar-refractivity contribution in [3.05, 3.63) is 95.3 Å². The van der Waals surface area contributed by atoms with Crippen LogP contribution in [0.25, 0.3) is 5.69 Å². The van der Waals surface area contributed by atoms with Gasteiger partial charge in [0.15, 0.2) is 16.7 Å². The van der Waals surface area contributed by atoms with Gasteiger partial charge in [-0.1, -0.05) is 73.3 Å². The van der Waals surface area contributed by atoms with Gasteiger partial charge < -0.3 is 4.74 Å². The van der Waals surface area contributed by atoms with Crippen LogP contribution < -0.4 is 10.2 Å². The Morgan fingerprint density at radius 3 is 2.44 bits per heavy atom. The lowest BCUT2D eigenvalue weighted by molar-refractivity contribution is -0.110. The van der Waals surface area contributed by atoms with Gasteiger partial charge in [0.25, 0.3) is 0 Å². The molecule has 0 spiro atoms. The van der Waals surface area contributed by atoms with Crippen molar-refractivity contribution in [2.45, 2.75) is 56.7 Å². The SMILES string of the molecule is CC(=O)/C(=N/Nc1ccccc1Cl)Sc1nnc(COc2ccc(C3CCCCC3)cc2)n1-c1ccccc1. The summed E-state index contributed by atoms with van der Waals surface area (Å²) in [6, 6.07) is 25.4. The highest BCUT2D eigenvalue weighted by Gasteiger charge is 2.20. The molecular formula is C30H30ClN5O2S. The van der Waals surface area contributed by atoms with E-state index in [0.29, 0.717) is 27.6 Å². The predicted molar refractivity (Wildman–Crippen MR) is 157 cm³/mol. The van der Waals surface area contributed by atoms with Crippen molar-refractivity contribution in [2.75, 3.05) is 5.43 Å². The molecule has 200 valence electrons. The molecule has 1 N–H and O–H groups in total. The molecule has 1 saturated carbocycles. The number of carbonyl (C=O) groups excluding carboxylic acids is 1. The number of nitrogens with zero attached hydrogens (tertiary/aromatic N) is 4. The molecule has 1 aromatic heterocycles. The first-order valence-electron chi connectivity index (χ1n) is 13.1. The smallest absolute Gasteiger partial charge is 0.202 e. The van der Waals surface area contributed by atoms with Crippen molar-refractivity contribution in [1.29, 1.82) is 0 Å². The normalized spacial score (nSPS) is 14.3. The molecule has 0 bridgehead atoms. The number of anilines is 1. The van der Waals surface area contributed by atoms with Crippen LogP contribution in [0, 0.1) is 0 Å². The summed E-state index contributed by atoms with van der Waals surface area (Å²) in [5, 5.41) is 14.3. The summed E-state index contributed by atoms with van der Waals surface area (Å²) in [5.41, 5.74) is 5.73. The number of Topliss-reactive ketones (excluding diaryl/α,β-unsaturated/α-hetero) is 1. The standard InChI is InChI=1S/C30H30ClN5O2S/c1-21(37)29(34-32-27-15-9-8-14-26(27)31)39-30-35-33-28(36(30)24-12-6-3-7-13-24)20-38-25-18-16-23(17-19-25)22-10-4-2-5-11-22/h3,6-9,12-19,22,32H,2,4-5,10-11,20H2,1H3/b34-29-. The molecule has 1 heterocycles. The molecule has 3 aromatic carbocycles. The van der Waals surface area contributed by atoms with Crippen LogP contribution in [0.3, 0.4) is 0 Å². The van der Waals surface area contributed by atoms with E-state index in [-0.39, 0.29) is 17.4 Å². The first-order chi connectivity index (χ1) is 19.1. The molecule has 0 unspecified atom stereocenters. The lowest BCUT2D eigenvalue weighted by atomic mass is 9.84. The minimum atomic E-state index is -0.210. The van der Waals surface area contributed by atoms with E-state index in [1.165, 1.54) is 44.6 Å². The number of aromatic nitrogens is 3. The number of halogens is 1. The van der Waals surface area contributed by atoms with Crippen LogP contribution in [-0.2, 0) is 11.4 Å². The number of rotatable bonds is 9. The van der Waals surface area contributed by atoms with Crippen molar-refractivity contribution in [2.24, 2.45) is 5.10 Å². The van der Waals surface area contributed by atoms with Crippen LogP contribution in [0.5, 0.6) is 5.75 Å². The second-order valence-corrected chi connectivity index (χ2v) is 10.8. The molecule has 0 saturated heterocycles. The Hall–Kier alpha value is -3.62. The van der Waals surface area contributed by atoms with Crippen LogP contribution in [0.15, 0.2) is 89.1 Å². The van der Waals surface area contributed by atoms with Crippen molar-refractivity contribution >= 4 is 39.9 Å². The van der Waals surface area contributed by atoms with Gasteiger partial charge in [-0.05, 0) is 72.5 Å². The van der Waals surface area contributed by atoms with Gasteiger partial charge in [-0.2, -0.15) is 5.10 Å². The highest BCUT2D eigenvalue weighted by atomic mass is 35.5. The maximum atomic E-state index is 12.5. The Morgan fingerprint density at radius 2 is 1.72 bits per heavy atom. The molecule has 9 heteroatoms. The Kier molecular flexibility index (Phi) is 8.96. The monoisotopic (exact) mass is 559 g/mol. The average molecular weight is 560 g/mol. The van der Waals surface area contributed by atoms with Gasteiger partial charge in [0.2, 0.25) is 5.16 Å². The molecule has 39 heavy (non-hydrogen) atoms. The summed E-state index contributed by atoms with van der Waals surface area (Å²) in [7, 11) is 0. The number of hydrogen-bond donors (Lipinski definition) is 1. The maximum Gasteiger partial charge on any atom is 0.202 e. The summed E-state index contributed by atoms with van der Waals surface area (Å²) in [6.45, 7) is 1.68. The third-order valence-electron chi connectivity index (χ3n) is 6.68. The number of para-hydroxylation sites is 2. The number of hydrogen-bond acceptors (Lipinski definition) is 7. The Balaban J connectivity index is 1.35. The van der Waals surface area contributed by atoms with E-state index in [4.69, 9.17) is 16.3 Å². The van der Waals surface area contributed by atoms with E-state index in [1.807, 2.05) is 59.2 Å². The van der Waals surface area contributed by atoms with E-state index >= 15 is 0 Å². The molecule has 0 amide bonds. The summed E-state index contributed by atoms with van der Waals surface area (Å²) in [5.74, 6) is 1.83. The zero-order valence-electron chi connectivity index (χ0n) is 21.7. The number of hydrazone groups is 1. The van der Waals surface area contributed by atoms with Gasteiger partial charge in [0, 0.05) is 12.6 Å². The lowest BCUT2D eigenvalue weighted by Crippen LogP contribution is -2.11. The molecule has 1 aliphatic rings. The number of nitrogens with one attached hydrogen (secondary N) is 1. The lowest BCUT2D eigenvalue weighted by Gasteiger charge is -2.22. The second-order valence-electron chi connectivity index (χ2n) is 9.43. The first kappa shape index (κ1) is 27.0. The topological polar surface area (TPSA) is 81.4 Å². The number of ketones is 1. The summed E-state index contributed by atoms with van der Waals surface area (Å²) >= 11 is 7.36. The summed E-state index contributed by atoms with van der Waals surface area (Å²) in [4.78, 5) is 12.5. The van der Waals surface area contributed by atoms with Gasteiger partial charge in [-0.15, -0.1) is 10.2 Å². The van der Waals surface area contributed by atoms with Gasteiger partial charge in [-0.25, -0.2) is 0 Å². The zero-order chi connectivity index (χ0) is 27.0. The van der Waals surface area contributed by atoms with Crippen molar-refractivity contribution < 1.29 is 9.53 Å². The first-order valence-corrected chi connectivity index (χ1v) is 14.3. The minimum absolute atomic E-state index is 0.210. The second kappa shape index (κ2) is 13.0. The van der Waals surface area contributed by atoms with Crippen LogP contribution in [0.4, 0.5) is 5.69 Å². The highest BCUT2D eigenvalue weighted by molar-refractivity contribution is 8.15. The summed E-state index contributed by atoms with van der Waals surface area (Å²) in [6.07, 6.45) is 6.49. The van der Waals surface area contributed by atoms with Gasteiger partial charge >= 0.3 is 0 Å². The van der Waals surface area contributed by atoms with Gasteiger partial charge in [0.05, 0.1) is 10.7 Å². The van der Waals surface area contributed by atoms with E-state index in [9.17, 15) is 4.79 Å². The fourth-order valence-electron chi connectivity index (χ4n) is 4.64. The zero-order valence-corrected chi connectivity index (χ0v) is 23.3. The van der Waals surface area contributed by atoms with Crippen molar-refractivity contribution in [3.8, 4) is 11.4 Å². The molecule has 0 radical (unpaired) electrons. The highest BCUT2D eigenvalue weighted by Crippen LogP contribution is 2.33. The minimum Gasteiger partial charge on any atom is -0.486 e. The van der Waals surface area contributed by atoms with E-state index in [2.05, 4.69) is 32.9 Å². The molecule has 1 aliphatic carbocycles. The Labute approximate surface area is 237 Å². The number of benzene rings is 3. The molecule has 0 atom stereocenters. The molecule has 7 nitrogen and oxygen atoms in total. The Bertz CT molecular complexity index is 1430. The van der Waals surface area contributed by atoms with Crippen molar-refractivity contribution in [1.82, 2.24) is 14.8 Å². The summed E-state index contributed by atoms with van der Waals surface area (Å²) < 4.78 is 8.01. The number of carbonyl (C=O) groups is 1. The van der Waals surface area contributed by atoms with Crippen LogP contribution in [-0.4, -0.2) is 25.6 Å². The fourth-order valence-corrected chi connectivity index (χ4v) is 5.61. The quantitative estimate of drug-likeness (QED) is 0.0981. The Morgan fingerprint density at radius 1 is 1.00 bits per heavy atom.